The summed E-state index contributed by atoms with van der Waals surface area (Å²) in [6.45, 7) is 4.03. The van der Waals surface area contributed by atoms with E-state index in [2.05, 4.69) is 11.9 Å². The van der Waals surface area contributed by atoms with E-state index in [4.69, 9.17) is 9.47 Å². The van der Waals surface area contributed by atoms with E-state index in [1.807, 2.05) is 0 Å². The molecule has 0 aromatic rings. The Morgan fingerprint density at radius 1 is 1.31 bits per heavy atom. The van der Waals surface area contributed by atoms with Gasteiger partial charge in [-0.15, -0.1) is 0 Å². The van der Waals surface area contributed by atoms with Crippen LogP contribution in [0.5, 0.6) is 0 Å². The maximum Gasteiger partial charge on any atom is 0.0704 e. The molecule has 0 unspecified atom stereocenters. The Balaban J connectivity index is 1.57. The lowest BCUT2D eigenvalue weighted by atomic mass is 9.62. The van der Waals surface area contributed by atoms with E-state index in [0.717, 1.165) is 13.2 Å². The maximum absolute atomic E-state index is 5.64. The molecule has 1 heterocycles. The van der Waals surface area contributed by atoms with Gasteiger partial charge in [0, 0.05) is 25.6 Å². The van der Waals surface area contributed by atoms with Gasteiger partial charge in [0.15, 0.2) is 0 Å². The highest BCUT2D eigenvalue weighted by Crippen LogP contribution is 2.48. The van der Waals surface area contributed by atoms with Crippen LogP contribution in [-0.4, -0.2) is 51.5 Å². The van der Waals surface area contributed by atoms with Crippen molar-refractivity contribution in [2.75, 3.05) is 40.5 Å². The molecule has 1 spiro atoms. The van der Waals surface area contributed by atoms with Crippen LogP contribution in [0.1, 0.15) is 12.8 Å². The van der Waals surface area contributed by atoms with Crippen LogP contribution >= 0.6 is 0 Å². The molecule has 0 aromatic heterocycles. The normalized spacial score (nSPS) is 27.2. The zero-order valence-electron chi connectivity index (χ0n) is 8.58. The van der Waals surface area contributed by atoms with Crippen molar-refractivity contribution >= 4 is 0 Å². The van der Waals surface area contributed by atoms with Crippen molar-refractivity contribution in [1.29, 1.82) is 0 Å². The summed E-state index contributed by atoms with van der Waals surface area (Å²) < 4.78 is 10.6. The highest BCUT2D eigenvalue weighted by atomic mass is 16.5. The average Bonchev–Trinajstić information content (AvgIpc) is 1.97. The predicted molar refractivity (Wildman–Crippen MR) is 50.8 cm³/mol. The topological polar surface area (TPSA) is 21.7 Å². The van der Waals surface area contributed by atoms with Gasteiger partial charge >= 0.3 is 0 Å². The highest BCUT2D eigenvalue weighted by Gasteiger charge is 2.51. The van der Waals surface area contributed by atoms with Gasteiger partial charge in [-0.1, -0.05) is 0 Å². The van der Waals surface area contributed by atoms with Crippen molar-refractivity contribution in [2.24, 2.45) is 5.41 Å². The smallest absolute Gasteiger partial charge is 0.0704 e. The van der Waals surface area contributed by atoms with Gasteiger partial charge in [-0.2, -0.15) is 0 Å². The minimum absolute atomic E-state index is 0.517. The lowest BCUT2D eigenvalue weighted by Gasteiger charge is -2.57. The van der Waals surface area contributed by atoms with Crippen LogP contribution in [0.2, 0.25) is 0 Å². The van der Waals surface area contributed by atoms with Crippen LogP contribution in [-0.2, 0) is 9.47 Å². The number of hydrogen-bond donors (Lipinski definition) is 0. The zero-order chi connectivity index (χ0) is 9.31. The van der Waals surface area contributed by atoms with Gasteiger partial charge in [0.25, 0.3) is 0 Å². The fourth-order valence-corrected chi connectivity index (χ4v) is 2.68. The monoisotopic (exact) mass is 185 g/mol. The van der Waals surface area contributed by atoms with Crippen molar-refractivity contribution < 1.29 is 9.47 Å². The maximum atomic E-state index is 5.64. The molecule has 0 amide bonds. The molecule has 0 radical (unpaired) electrons. The molecule has 1 saturated carbocycles. The van der Waals surface area contributed by atoms with Crippen molar-refractivity contribution in [2.45, 2.75) is 18.9 Å². The molecule has 1 saturated heterocycles. The predicted octanol–water partition coefficient (Wildman–Crippen LogP) is 0.744. The van der Waals surface area contributed by atoms with Gasteiger partial charge < -0.3 is 14.4 Å². The highest BCUT2D eigenvalue weighted by molar-refractivity contribution is 5.04. The quantitative estimate of drug-likeness (QED) is 0.603. The summed E-state index contributed by atoms with van der Waals surface area (Å²) in [5.74, 6) is 0. The summed E-state index contributed by atoms with van der Waals surface area (Å²) in [5.41, 5.74) is 0.645. The fraction of sp³-hybridized carbons (Fsp3) is 1.00. The summed E-state index contributed by atoms with van der Waals surface area (Å²) in [6.07, 6.45) is 3.05. The SMILES string of the molecule is COCCOC1CC2(C1)CN(C)C2. The Kier molecular flexibility index (Phi) is 2.58. The third-order valence-corrected chi connectivity index (χ3v) is 3.17. The van der Waals surface area contributed by atoms with Gasteiger partial charge in [0.1, 0.15) is 0 Å². The molecule has 0 N–H and O–H groups in total. The number of methoxy groups -OCH3 is 1. The van der Waals surface area contributed by atoms with Crippen LogP contribution in [0.25, 0.3) is 0 Å². The largest absolute Gasteiger partial charge is 0.382 e. The molecule has 2 rings (SSSR count). The summed E-state index contributed by atoms with van der Waals surface area (Å²) in [7, 11) is 3.90. The molecule has 76 valence electrons. The summed E-state index contributed by atoms with van der Waals surface area (Å²) in [4.78, 5) is 2.38. The lowest BCUT2D eigenvalue weighted by Crippen LogP contribution is -2.62. The van der Waals surface area contributed by atoms with E-state index in [1.165, 1.54) is 25.9 Å². The lowest BCUT2D eigenvalue weighted by molar-refractivity contribution is -0.148. The van der Waals surface area contributed by atoms with E-state index in [0.29, 0.717) is 11.5 Å². The molecular weight excluding hydrogens is 166 g/mol. The van der Waals surface area contributed by atoms with Crippen LogP contribution in [0.15, 0.2) is 0 Å². The third-order valence-electron chi connectivity index (χ3n) is 3.17. The molecule has 0 bridgehead atoms. The van der Waals surface area contributed by atoms with Crippen molar-refractivity contribution in [3.05, 3.63) is 0 Å². The minimum Gasteiger partial charge on any atom is -0.382 e. The summed E-state index contributed by atoms with van der Waals surface area (Å²) in [5, 5.41) is 0. The molecular formula is C10H19NO2. The van der Waals surface area contributed by atoms with E-state index < -0.39 is 0 Å². The van der Waals surface area contributed by atoms with Gasteiger partial charge in [-0.05, 0) is 19.9 Å². The second-order valence-corrected chi connectivity index (χ2v) is 4.57. The van der Waals surface area contributed by atoms with Crippen molar-refractivity contribution in [3.8, 4) is 0 Å². The minimum atomic E-state index is 0.517. The number of ether oxygens (including phenoxy) is 2. The van der Waals surface area contributed by atoms with E-state index in [-0.39, 0.29) is 0 Å². The van der Waals surface area contributed by atoms with Crippen LogP contribution in [0.3, 0.4) is 0 Å². The zero-order valence-corrected chi connectivity index (χ0v) is 8.58. The van der Waals surface area contributed by atoms with Crippen LogP contribution in [0.4, 0.5) is 0 Å². The third kappa shape index (κ3) is 1.87. The molecule has 13 heavy (non-hydrogen) atoms. The van der Waals surface area contributed by atoms with E-state index in [9.17, 15) is 0 Å². The van der Waals surface area contributed by atoms with E-state index in [1.54, 1.807) is 7.11 Å². The first-order chi connectivity index (χ1) is 6.24. The van der Waals surface area contributed by atoms with Crippen molar-refractivity contribution in [3.63, 3.8) is 0 Å². The Labute approximate surface area is 80.0 Å². The van der Waals surface area contributed by atoms with Gasteiger partial charge in [-0.25, -0.2) is 0 Å². The number of hydrogen-bond acceptors (Lipinski definition) is 3. The molecule has 2 aliphatic rings. The Bertz CT molecular complexity index is 170. The molecule has 1 aliphatic heterocycles. The van der Waals surface area contributed by atoms with Gasteiger partial charge in [0.05, 0.1) is 19.3 Å². The first-order valence-corrected chi connectivity index (χ1v) is 5.03. The van der Waals surface area contributed by atoms with Gasteiger partial charge in [0.2, 0.25) is 0 Å². The standard InChI is InChI=1S/C10H19NO2/c1-11-7-10(8-11)5-9(6-10)13-4-3-12-2/h9H,3-8H2,1-2H3. The first kappa shape index (κ1) is 9.44. The number of likely N-dealkylation sites (tertiary alicyclic amines) is 1. The molecule has 3 heteroatoms. The summed E-state index contributed by atoms with van der Waals surface area (Å²) >= 11 is 0. The first-order valence-electron chi connectivity index (χ1n) is 5.03. The van der Waals surface area contributed by atoms with Gasteiger partial charge in [-0.3, -0.25) is 0 Å². The van der Waals surface area contributed by atoms with E-state index >= 15 is 0 Å². The Hall–Kier alpha value is -0.120. The molecule has 0 aromatic carbocycles. The number of nitrogens with zero attached hydrogens (tertiary/aromatic N) is 1. The molecule has 3 nitrogen and oxygen atoms in total. The Morgan fingerprint density at radius 2 is 2.00 bits per heavy atom. The Morgan fingerprint density at radius 3 is 2.54 bits per heavy atom. The summed E-state index contributed by atoms with van der Waals surface area (Å²) in [6, 6.07) is 0. The molecule has 0 atom stereocenters. The van der Waals surface area contributed by atoms with Crippen LogP contribution < -0.4 is 0 Å². The number of rotatable bonds is 4. The fourth-order valence-electron chi connectivity index (χ4n) is 2.68. The second-order valence-electron chi connectivity index (χ2n) is 4.57. The van der Waals surface area contributed by atoms with Crippen molar-refractivity contribution in [1.82, 2.24) is 4.90 Å². The average molecular weight is 185 g/mol. The second kappa shape index (κ2) is 3.56. The molecule has 2 fully saturated rings. The van der Waals surface area contributed by atoms with Crippen LogP contribution in [0, 0.1) is 5.41 Å². The molecule has 1 aliphatic carbocycles.